The Morgan fingerprint density at radius 3 is 2.45 bits per heavy atom. The number of aryl methyl sites for hydroxylation is 1. The van der Waals surface area contributed by atoms with Gasteiger partial charge in [-0.3, -0.25) is 19.3 Å². The molecule has 0 bridgehead atoms. The molecule has 0 radical (unpaired) electrons. The highest BCUT2D eigenvalue weighted by atomic mass is 32.2. The van der Waals surface area contributed by atoms with Crippen molar-refractivity contribution < 1.29 is 23.2 Å². The van der Waals surface area contributed by atoms with E-state index in [4.69, 9.17) is 4.42 Å². The summed E-state index contributed by atoms with van der Waals surface area (Å²) in [7, 11) is 0. The fraction of sp³-hybridized carbons (Fsp3) is 0.240. The van der Waals surface area contributed by atoms with E-state index in [1.807, 2.05) is 6.07 Å². The van der Waals surface area contributed by atoms with Gasteiger partial charge in [0.2, 0.25) is 5.91 Å². The first-order valence-corrected chi connectivity index (χ1v) is 11.5. The predicted molar refractivity (Wildman–Crippen MR) is 124 cm³/mol. The quantitative estimate of drug-likeness (QED) is 0.558. The maximum absolute atomic E-state index is 13.6. The van der Waals surface area contributed by atoms with Crippen molar-refractivity contribution in [2.75, 3.05) is 10.7 Å². The van der Waals surface area contributed by atoms with Crippen LogP contribution >= 0.6 is 11.8 Å². The average molecular weight is 467 g/mol. The van der Waals surface area contributed by atoms with Crippen LogP contribution in [0, 0.1) is 18.7 Å². The summed E-state index contributed by atoms with van der Waals surface area (Å²) >= 11 is 1.13. The number of para-hydroxylation sites is 1. The van der Waals surface area contributed by atoms with Gasteiger partial charge >= 0.3 is 0 Å². The molecule has 1 fully saturated rings. The summed E-state index contributed by atoms with van der Waals surface area (Å²) in [6, 6.07) is 17.0. The molecule has 1 N–H and O–H groups in total. The van der Waals surface area contributed by atoms with Crippen LogP contribution in [0.5, 0.6) is 0 Å². The first kappa shape index (κ1) is 22.8. The van der Waals surface area contributed by atoms with Gasteiger partial charge in [-0.15, -0.1) is 0 Å². The molecule has 33 heavy (non-hydrogen) atoms. The molecule has 2 amide bonds. The van der Waals surface area contributed by atoms with Gasteiger partial charge in [-0.05, 0) is 48.9 Å². The third-order valence-electron chi connectivity index (χ3n) is 5.40. The van der Waals surface area contributed by atoms with Crippen LogP contribution in [-0.2, 0) is 20.9 Å². The van der Waals surface area contributed by atoms with Crippen molar-refractivity contribution >= 4 is 34.4 Å². The Morgan fingerprint density at radius 1 is 1.12 bits per heavy atom. The molecule has 1 aliphatic rings. The maximum atomic E-state index is 13.6. The van der Waals surface area contributed by atoms with Crippen LogP contribution in [0.1, 0.15) is 29.5 Å². The monoisotopic (exact) mass is 466 g/mol. The molecule has 1 aromatic heterocycles. The van der Waals surface area contributed by atoms with E-state index in [1.165, 1.54) is 17.0 Å². The molecule has 170 valence electrons. The van der Waals surface area contributed by atoms with E-state index in [2.05, 4.69) is 5.32 Å². The lowest BCUT2D eigenvalue weighted by atomic mass is 10.0. The number of carbonyl (C=O) groups is 3. The van der Waals surface area contributed by atoms with Crippen molar-refractivity contribution in [3.8, 4) is 0 Å². The fourth-order valence-electron chi connectivity index (χ4n) is 3.72. The Kier molecular flexibility index (Phi) is 6.93. The highest BCUT2D eigenvalue weighted by molar-refractivity contribution is 8.14. The van der Waals surface area contributed by atoms with Crippen LogP contribution in [0.4, 0.5) is 10.1 Å². The molecule has 3 aromatic rings. The van der Waals surface area contributed by atoms with Gasteiger partial charge in [-0.2, -0.15) is 0 Å². The molecule has 4 rings (SSSR count). The number of hydrogen-bond acceptors (Lipinski definition) is 5. The van der Waals surface area contributed by atoms with Gasteiger partial charge in [0.25, 0.3) is 5.91 Å². The van der Waals surface area contributed by atoms with Gasteiger partial charge in [0.1, 0.15) is 17.3 Å². The van der Waals surface area contributed by atoms with Crippen LogP contribution in [0.15, 0.2) is 71.1 Å². The number of nitrogens with one attached hydrogen (secondary N) is 1. The van der Waals surface area contributed by atoms with Gasteiger partial charge in [0.05, 0.1) is 5.92 Å². The van der Waals surface area contributed by atoms with Crippen LogP contribution in [0.25, 0.3) is 0 Å². The minimum absolute atomic E-state index is 0.0347. The normalized spacial score (nSPS) is 16.4. The summed E-state index contributed by atoms with van der Waals surface area (Å²) < 4.78 is 19.0. The van der Waals surface area contributed by atoms with Gasteiger partial charge in [0, 0.05) is 24.4 Å². The summed E-state index contributed by atoms with van der Waals surface area (Å²) in [5.74, 6) is -0.336. The molecule has 1 aliphatic heterocycles. The van der Waals surface area contributed by atoms with Gasteiger partial charge < -0.3 is 9.73 Å². The molecule has 0 saturated carbocycles. The number of furan rings is 1. The molecule has 0 aliphatic carbocycles. The third kappa shape index (κ3) is 5.34. The van der Waals surface area contributed by atoms with Crippen molar-refractivity contribution in [1.82, 2.24) is 5.32 Å². The van der Waals surface area contributed by atoms with Gasteiger partial charge in [-0.25, -0.2) is 4.39 Å². The number of thioether (sulfide) groups is 1. The molecular weight excluding hydrogens is 443 g/mol. The molecule has 2 heterocycles. The zero-order valence-corrected chi connectivity index (χ0v) is 18.8. The summed E-state index contributed by atoms with van der Waals surface area (Å²) in [4.78, 5) is 40.4. The minimum atomic E-state index is -1.07. The molecule has 0 unspecified atom stereocenters. The third-order valence-corrected chi connectivity index (χ3v) is 6.45. The summed E-state index contributed by atoms with van der Waals surface area (Å²) in [6.07, 6.45) is 0.133. The van der Waals surface area contributed by atoms with E-state index < -0.39 is 17.9 Å². The number of nitrogens with zero attached hydrogens (tertiary/aromatic N) is 1. The molecule has 1 saturated heterocycles. The minimum Gasteiger partial charge on any atom is -0.464 e. The summed E-state index contributed by atoms with van der Waals surface area (Å²) in [6.45, 7) is 1.92. The van der Waals surface area contributed by atoms with Crippen LogP contribution in [0.3, 0.4) is 0 Å². The highest BCUT2D eigenvalue weighted by Crippen LogP contribution is 2.34. The van der Waals surface area contributed by atoms with Crippen LogP contribution in [0.2, 0.25) is 0 Å². The first-order chi connectivity index (χ1) is 15.9. The number of hydrogen-bond donors (Lipinski definition) is 1. The van der Waals surface area contributed by atoms with E-state index in [0.717, 1.165) is 17.3 Å². The largest absolute Gasteiger partial charge is 0.464 e. The van der Waals surface area contributed by atoms with E-state index in [1.54, 1.807) is 55.5 Å². The van der Waals surface area contributed by atoms with E-state index >= 15 is 0 Å². The summed E-state index contributed by atoms with van der Waals surface area (Å²) in [5.41, 5.74) is 1.25. The number of rotatable bonds is 7. The predicted octanol–water partition coefficient (Wildman–Crippen LogP) is 4.40. The Bertz CT molecular complexity index is 1150. The smallest absolute Gasteiger partial charge is 0.251 e. The SMILES string of the molecule is Cc1ccc([C@@H](C(=O)NCc2ccc(F)cc2)N(C(=O)[C@H]2CSC(=O)C2)c2ccccc2)o1. The highest BCUT2D eigenvalue weighted by Gasteiger charge is 2.40. The second-order valence-corrected chi connectivity index (χ2v) is 8.90. The van der Waals surface area contributed by atoms with E-state index in [-0.39, 0.29) is 29.8 Å². The number of benzene rings is 2. The van der Waals surface area contributed by atoms with Crippen molar-refractivity contribution in [2.45, 2.75) is 25.9 Å². The number of halogens is 1. The fourth-order valence-corrected chi connectivity index (χ4v) is 4.69. The zero-order chi connectivity index (χ0) is 23.4. The molecule has 2 aromatic carbocycles. The Hall–Kier alpha value is -3.39. The lowest BCUT2D eigenvalue weighted by molar-refractivity contribution is -0.129. The van der Waals surface area contributed by atoms with Crippen molar-refractivity contribution in [2.24, 2.45) is 5.92 Å². The van der Waals surface area contributed by atoms with Crippen molar-refractivity contribution in [1.29, 1.82) is 0 Å². The van der Waals surface area contributed by atoms with Crippen molar-refractivity contribution in [3.63, 3.8) is 0 Å². The Morgan fingerprint density at radius 2 is 1.85 bits per heavy atom. The van der Waals surface area contributed by atoms with Crippen LogP contribution < -0.4 is 10.2 Å². The Balaban J connectivity index is 1.68. The van der Waals surface area contributed by atoms with Gasteiger partial charge in [0.15, 0.2) is 11.2 Å². The topological polar surface area (TPSA) is 79.6 Å². The zero-order valence-electron chi connectivity index (χ0n) is 18.0. The lowest BCUT2D eigenvalue weighted by Crippen LogP contribution is -2.46. The molecule has 8 heteroatoms. The number of amides is 2. The number of carbonyl (C=O) groups excluding carboxylic acids is 3. The number of anilines is 1. The van der Waals surface area contributed by atoms with Crippen LogP contribution in [-0.4, -0.2) is 22.7 Å². The lowest BCUT2D eigenvalue weighted by Gasteiger charge is -2.31. The second kappa shape index (κ2) is 10.0. The molecule has 6 nitrogen and oxygen atoms in total. The van der Waals surface area contributed by atoms with Crippen molar-refractivity contribution in [3.05, 3.63) is 89.6 Å². The summed E-state index contributed by atoms with van der Waals surface area (Å²) in [5, 5.41) is 2.81. The second-order valence-electron chi connectivity index (χ2n) is 7.82. The van der Waals surface area contributed by atoms with E-state index in [0.29, 0.717) is 23.0 Å². The first-order valence-electron chi connectivity index (χ1n) is 10.5. The molecule has 2 atom stereocenters. The van der Waals surface area contributed by atoms with Gasteiger partial charge in [-0.1, -0.05) is 42.1 Å². The standard InChI is InChI=1S/C25H23FN2O4S/c1-16-7-12-21(32-16)23(24(30)27-14-17-8-10-19(26)11-9-17)28(20-5-3-2-4-6-20)25(31)18-13-22(29)33-15-18/h2-12,18,23H,13-15H2,1H3,(H,27,30)/t18-,23+/m1/s1. The maximum Gasteiger partial charge on any atom is 0.251 e. The molecule has 0 spiro atoms. The molecular formula is C25H23FN2O4S. The van der Waals surface area contributed by atoms with E-state index in [9.17, 15) is 18.8 Å². The average Bonchev–Trinajstić information content (AvgIpc) is 3.45. The Labute approximate surface area is 195 Å².